The molecular formula is C16H19N3O2S. The fourth-order valence-corrected chi connectivity index (χ4v) is 3.43. The summed E-state index contributed by atoms with van der Waals surface area (Å²) in [5.74, 6) is 0.831. The summed E-state index contributed by atoms with van der Waals surface area (Å²) >= 11 is 1.31. The summed E-state index contributed by atoms with van der Waals surface area (Å²) in [7, 11) is 1.65. The Kier molecular flexibility index (Phi) is 4.29. The number of urea groups is 1. The molecule has 1 aliphatic heterocycles. The van der Waals surface area contributed by atoms with Crippen LogP contribution in [0, 0.1) is 6.92 Å². The number of carbonyl (C=O) groups excluding carboxylic acids is 1. The number of likely N-dealkylation sites (tertiary alicyclic amines) is 1. The topological polar surface area (TPSA) is 54.5 Å². The molecule has 0 spiro atoms. The smallest absolute Gasteiger partial charge is 0.323 e. The second-order valence-electron chi connectivity index (χ2n) is 5.39. The SMILES string of the molecule is COc1ccc([C@H]2CCCN2C(=O)Nc2cc(C)ns2)cc1. The minimum atomic E-state index is -0.0537. The van der Waals surface area contributed by atoms with Crippen LogP contribution in [0.2, 0.25) is 0 Å². The van der Waals surface area contributed by atoms with E-state index in [9.17, 15) is 4.79 Å². The minimum absolute atomic E-state index is 0.0537. The van der Waals surface area contributed by atoms with Crippen LogP contribution in [0.4, 0.5) is 9.80 Å². The van der Waals surface area contributed by atoms with E-state index in [1.165, 1.54) is 11.5 Å². The first-order valence-electron chi connectivity index (χ1n) is 7.32. The van der Waals surface area contributed by atoms with Crippen LogP contribution >= 0.6 is 11.5 Å². The van der Waals surface area contributed by atoms with E-state index in [1.54, 1.807) is 7.11 Å². The molecule has 0 unspecified atom stereocenters. The van der Waals surface area contributed by atoms with E-state index in [0.717, 1.165) is 41.4 Å². The fourth-order valence-electron chi connectivity index (χ4n) is 2.78. The van der Waals surface area contributed by atoms with Gasteiger partial charge in [0.05, 0.1) is 18.8 Å². The van der Waals surface area contributed by atoms with Crippen LogP contribution < -0.4 is 10.1 Å². The van der Waals surface area contributed by atoms with E-state index in [2.05, 4.69) is 9.69 Å². The molecule has 1 aromatic heterocycles. The molecule has 0 bridgehead atoms. The Morgan fingerprint density at radius 1 is 1.41 bits per heavy atom. The lowest BCUT2D eigenvalue weighted by Gasteiger charge is -2.25. The summed E-state index contributed by atoms with van der Waals surface area (Å²) in [5.41, 5.74) is 2.07. The Balaban J connectivity index is 1.72. The van der Waals surface area contributed by atoms with Gasteiger partial charge in [0, 0.05) is 6.54 Å². The van der Waals surface area contributed by atoms with Crippen molar-refractivity contribution in [3.63, 3.8) is 0 Å². The van der Waals surface area contributed by atoms with Gasteiger partial charge in [0.2, 0.25) is 0 Å². The van der Waals surface area contributed by atoms with Gasteiger partial charge in [0.15, 0.2) is 0 Å². The zero-order valence-corrected chi connectivity index (χ0v) is 13.5. The van der Waals surface area contributed by atoms with Crippen molar-refractivity contribution in [3.05, 3.63) is 41.6 Å². The predicted molar refractivity (Wildman–Crippen MR) is 87.5 cm³/mol. The molecule has 2 aromatic rings. The van der Waals surface area contributed by atoms with E-state index in [4.69, 9.17) is 4.74 Å². The highest BCUT2D eigenvalue weighted by molar-refractivity contribution is 7.10. The van der Waals surface area contributed by atoms with Gasteiger partial charge in [0.1, 0.15) is 10.8 Å². The molecule has 1 aliphatic rings. The highest BCUT2D eigenvalue weighted by Gasteiger charge is 2.30. The summed E-state index contributed by atoms with van der Waals surface area (Å²) in [4.78, 5) is 14.4. The molecule has 22 heavy (non-hydrogen) atoms. The highest BCUT2D eigenvalue weighted by Crippen LogP contribution is 2.33. The van der Waals surface area contributed by atoms with Crippen LogP contribution in [0.25, 0.3) is 0 Å². The number of rotatable bonds is 3. The maximum absolute atomic E-state index is 12.5. The Labute approximate surface area is 134 Å². The van der Waals surface area contributed by atoms with Crippen LogP contribution in [-0.4, -0.2) is 29.0 Å². The molecule has 0 radical (unpaired) electrons. The zero-order chi connectivity index (χ0) is 15.5. The first-order valence-corrected chi connectivity index (χ1v) is 8.09. The summed E-state index contributed by atoms with van der Waals surface area (Å²) < 4.78 is 9.38. The maximum Gasteiger partial charge on any atom is 0.323 e. The number of nitrogens with zero attached hydrogens (tertiary/aromatic N) is 2. The molecule has 1 atom stereocenters. The number of amides is 2. The number of anilines is 1. The van der Waals surface area contributed by atoms with Gasteiger partial charge < -0.3 is 9.64 Å². The number of aromatic nitrogens is 1. The maximum atomic E-state index is 12.5. The molecule has 3 rings (SSSR count). The van der Waals surface area contributed by atoms with Crippen molar-refractivity contribution in [1.82, 2.24) is 9.27 Å². The summed E-state index contributed by atoms with van der Waals surface area (Å²) in [5, 5.41) is 3.74. The van der Waals surface area contributed by atoms with Crippen molar-refractivity contribution in [1.29, 1.82) is 0 Å². The molecule has 1 N–H and O–H groups in total. The van der Waals surface area contributed by atoms with Crippen molar-refractivity contribution in [3.8, 4) is 5.75 Å². The van der Waals surface area contributed by atoms with Gasteiger partial charge in [-0.05, 0) is 55.1 Å². The lowest BCUT2D eigenvalue weighted by atomic mass is 10.0. The molecule has 0 aliphatic carbocycles. The molecular weight excluding hydrogens is 298 g/mol. The summed E-state index contributed by atoms with van der Waals surface area (Å²) in [6.07, 6.45) is 2.01. The molecule has 1 saturated heterocycles. The van der Waals surface area contributed by atoms with Crippen LogP contribution in [0.15, 0.2) is 30.3 Å². The molecule has 6 heteroatoms. The van der Waals surface area contributed by atoms with Gasteiger partial charge in [-0.1, -0.05) is 12.1 Å². The van der Waals surface area contributed by atoms with Crippen molar-refractivity contribution < 1.29 is 9.53 Å². The molecule has 2 amide bonds. The monoisotopic (exact) mass is 317 g/mol. The van der Waals surface area contributed by atoms with Gasteiger partial charge in [-0.2, -0.15) is 4.37 Å². The number of methoxy groups -OCH3 is 1. The number of hydrogen-bond donors (Lipinski definition) is 1. The first-order chi connectivity index (χ1) is 10.7. The number of carbonyl (C=O) groups is 1. The second-order valence-corrected chi connectivity index (χ2v) is 6.19. The number of aryl methyl sites for hydroxylation is 1. The highest BCUT2D eigenvalue weighted by atomic mass is 32.1. The van der Waals surface area contributed by atoms with Crippen molar-refractivity contribution >= 4 is 22.6 Å². The Morgan fingerprint density at radius 2 is 2.18 bits per heavy atom. The van der Waals surface area contributed by atoms with E-state index in [-0.39, 0.29) is 12.1 Å². The van der Waals surface area contributed by atoms with Crippen LogP contribution in [-0.2, 0) is 0 Å². The Morgan fingerprint density at radius 3 is 2.82 bits per heavy atom. The number of benzene rings is 1. The fraction of sp³-hybridized carbons (Fsp3) is 0.375. The Hall–Kier alpha value is -2.08. The molecule has 5 nitrogen and oxygen atoms in total. The quantitative estimate of drug-likeness (QED) is 0.936. The average Bonchev–Trinajstić information content (AvgIpc) is 3.16. The zero-order valence-electron chi connectivity index (χ0n) is 12.7. The molecule has 2 heterocycles. The molecule has 1 aromatic carbocycles. The van der Waals surface area contributed by atoms with Crippen molar-refractivity contribution in [2.24, 2.45) is 0 Å². The van der Waals surface area contributed by atoms with E-state index >= 15 is 0 Å². The lowest BCUT2D eigenvalue weighted by molar-refractivity contribution is 0.207. The van der Waals surface area contributed by atoms with Crippen molar-refractivity contribution in [2.45, 2.75) is 25.8 Å². The third kappa shape index (κ3) is 3.06. The van der Waals surface area contributed by atoms with Crippen LogP contribution in [0.5, 0.6) is 5.75 Å². The van der Waals surface area contributed by atoms with Crippen LogP contribution in [0.1, 0.15) is 30.1 Å². The molecule has 0 saturated carbocycles. The third-order valence-corrected chi connectivity index (χ3v) is 4.67. The summed E-state index contributed by atoms with van der Waals surface area (Å²) in [6.45, 7) is 2.70. The van der Waals surface area contributed by atoms with Crippen molar-refractivity contribution in [2.75, 3.05) is 19.0 Å². The largest absolute Gasteiger partial charge is 0.497 e. The number of ether oxygens (including phenoxy) is 1. The van der Waals surface area contributed by atoms with E-state index in [1.807, 2.05) is 42.2 Å². The minimum Gasteiger partial charge on any atom is -0.497 e. The lowest BCUT2D eigenvalue weighted by Crippen LogP contribution is -2.34. The van der Waals surface area contributed by atoms with Gasteiger partial charge >= 0.3 is 6.03 Å². The Bertz CT molecular complexity index is 654. The molecule has 1 fully saturated rings. The summed E-state index contributed by atoms with van der Waals surface area (Å²) in [6, 6.07) is 9.91. The van der Waals surface area contributed by atoms with Gasteiger partial charge in [-0.3, -0.25) is 5.32 Å². The first kappa shape index (κ1) is 14.8. The van der Waals surface area contributed by atoms with Crippen LogP contribution in [0.3, 0.4) is 0 Å². The van der Waals surface area contributed by atoms with Gasteiger partial charge in [-0.15, -0.1) is 0 Å². The molecule has 116 valence electrons. The van der Waals surface area contributed by atoms with E-state index < -0.39 is 0 Å². The average molecular weight is 317 g/mol. The standard InChI is InChI=1S/C16H19N3O2S/c1-11-10-15(22-18-11)17-16(20)19-9-3-4-14(19)12-5-7-13(21-2)8-6-12/h5-8,10,14H,3-4,9H2,1-2H3,(H,17,20)/t14-/m1/s1. The predicted octanol–water partition coefficient (Wildman–Crippen LogP) is 3.83. The van der Waals surface area contributed by atoms with Gasteiger partial charge in [0.25, 0.3) is 0 Å². The van der Waals surface area contributed by atoms with Gasteiger partial charge in [-0.25, -0.2) is 4.79 Å². The number of hydrogen-bond acceptors (Lipinski definition) is 4. The second kappa shape index (κ2) is 6.36. The third-order valence-electron chi connectivity index (χ3n) is 3.87. The van der Waals surface area contributed by atoms with E-state index in [0.29, 0.717) is 0 Å². The normalized spacial score (nSPS) is 17.5. The number of nitrogens with one attached hydrogen (secondary N) is 1.